The predicted octanol–water partition coefficient (Wildman–Crippen LogP) is 3.15. The van der Waals surface area contributed by atoms with Crippen LogP contribution in [0.2, 0.25) is 0 Å². The Bertz CT molecular complexity index is 624. The molecule has 0 unspecified atom stereocenters. The van der Waals surface area contributed by atoms with Crippen LogP contribution in [0.15, 0.2) is 42.5 Å². The lowest BCUT2D eigenvalue weighted by Gasteiger charge is -2.21. The number of hydrogen-bond acceptors (Lipinski definition) is 2. The van der Waals surface area contributed by atoms with Gasteiger partial charge < -0.3 is 10.6 Å². The molecule has 0 spiro atoms. The molecule has 2 nitrogen and oxygen atoms in total. The molecule has 2 N–H and O–H groups in total. The van der Waals surface area contributed by atoms with E-state index in [2.05, 4.69) is 54.3 Å². The molecule has 0 saturated carbocycles. The number of aryl methyl sites for hydroxylation is 1. The van der Waals surface area contributed by atoms with Crippen LogP contribution >= 0.6 is 12.2 Å². The summed E-state index contributed by atoms with van der Waals surface area (Å²) in [7, 11) is 0. The van der Waals surface area contributed by atoms with Gasteiger partial charge in [0.1, 0.15) is 4.99 Å². The zero-order chi connectivity index (χ0) is 13.4. The SMILES string of the molecule is Cc1ccc(N2Cc3ccccc3C2)c(C(N)=S)c1. The summed E-state index contributed by atoms with van der Waals surface area (Å²) >= 11 is 5.18. The van der Waals surface area contributed by atoms with Crippen LogP contribution in [-0.2, 0) is 13.1 Å². The maximum atomic E-state index is 5.86. The van der Waals surface area contributed by atoms with E-state index >= 15 is 0 Å². The van der Waals surface area contributed by atoms with Crippen LogP contribution in [0, 0.1) is 6.92 Å². The molecular formula is C16H16N2S. The van der Waals surface area contributed by atoms with E-state index in [0.29, 0.717) is 4.99 Å². The minimum Gasteiger partial charge on any atom is -0.389 e. The molecule has 1 heterocycles. The van der Waals surface area contributed by atoms with Crippen LogP contribution < -0.4 is 10.6 Å². The minimum absolute atomic E-state index is 0.467. The van der Waals surface area contributed by atoms with Crippen molar-refractivity contribution in [3.05, 3.63) is 64.7 Å². The van der Waals surface area contributed by atoms with Crippen molar-refractivity contribution in [1.82, 2.24) is 0 Å². The quantitative estimate of drug-likeness (QED) is 0.848. The summed E-state index contributed by atoms with van der Waals surface area (Å²) in [5.74, 6) is 0. The molecule has 96 valence electrons. The fourth-order valence-corrected chi connectivity index (χ4v) is 2.79. The topological polar surface area (TPSA) is 29.3 Å². The zero-order valence-corrected chi connectivity index (χ0v) is 11.7. The molecular weight excluding hydrogens is 252 g/mol. The van der Waals surface area contributed by atoms with Gasteiger partial charge in [0, 0.05) is 24.3 Å². The van der Waals surface area contributed by atoms with E-state index in [1.807, 2.05) is 0 Å². The highest BCUT2D eigenvalue weighted by molar-refractivity contribution is 7.80. The summed E-state index contributed by atoms with van der Waals surface area (Å²) in [5.41, 5.74) is 11.9. The van der Waals surface area contributed by atoms with Gasteiger partial charge in [-0.05, 0) is 30.2 Å². The van der Waals surface area contributed by atoms with Gasteiger partial charge >= 0.3 is 0 Å². The van der Waals surface area contributed by atoms with Gasteiger partial charge in [-0.2, -0.15) is 0 Å². The maximum absolute atomic E-state index is 5.86. The average Bonchev–Trinajstić information content (AvgIpc) is 2.82. The van der Waals surface area contributed by atoms with Gasteiger partial charge in [0.05, 0.1) is 0 Å². The highest BCUT2D eigenvalue weighted by Crippen LogP contribution is 2.31. The zero-order valence-electron chi connectivity index (χ0n) is 10.9. The van der Waals surface area contributed by atoms with Crippen LogP contribution in [0.1, 0.15) is 22.3 Å². The molecule has 19 heavy (non-hydrogen) atoms. The van der Waals surface area contributed by atoms with Crippen LogP contribution in [0.5, 0.6) is 0 Å². The van der Waals surface area contributed by atoms with Gasteiger partial charge in [-0.1, -0.05) is 48.1 Å². The van der Waals surface area contributed by atoms with E-state index in [4.69, 9.17) is 18.0 Å². The normalized spacial score (nSPS) is 13.4. The standard InChI is InChI=1S/C16H16N2S/c1-11-6-7-15(14(8-11)16(17)19)18-9-12-4-2-3-5-13(12)10-18/h2-8H,9-10H2,1H3,(H2,17,19). The number of nitrogens with two attached hydrogens (primary N) is 1. The third kappa shape index (κ3) is 2.22. The Balaban J connectivity index is 1.99. The molecule has 0 aromatic heterocycles. The molecule has 0 radical (unpaired) electrons. The van der Waals surface area contributed by atoms with Crippen LogP contribution in [0.3, 0.4) is 0 Å². The number of thiocarbonyl (C=S) groups is 1. The third-order valence-electron chi connectivity index (χ3n) is 3.60. The lowest BCUT2D eigenvalue weighted by molar-refractivity contribution is 0.879. The number of anilines is 1. The van der Waals surface area contributed by atoms with Crippen molar-refractivity contribution >= 4 is 22.9 Å². The van der Waals surface area contributed by atoms with Gasteiger partial charge in [-0.25, -0.2) is 0 Å². The van der Waals surface area contributed by atoms with Crippen molar-refractivity contribution < 1.29 is 0 Å². The van der Waals surface area contributed by atoms with Crippen LogP contribution in [-0.4, -0.2) is 4.99 Å². The third-order valence-corrected chi connectivity index (χ3v) is 3.82. The molecule has 3 heteroatoms. The predicted molar refractivity (Wildman–Crippen MR) is 83.4 cm³/mol. The molecule has 0 amide bonds. The molecule has 3 rings (SSSR count). The Kier molecular flexibility index (Phi) is 2.99. The Labute approximate surface area is 118 Å². The van der Waals surface area contributed by atoms with E-state index in [-0.39, 0.29) is 0 Å². The second-order valence-electron chi connectivity index (χ2n) is 5.01. The summed E-state index contributed by atoms with van der Waals surface area (Å²) in [5, 5.41) is 0. The fourth-order valence-electron chi connectivity index (χ4n) is 2.63. The maximum Gasteiger partial charge on any atom is 0.106 e. The van der Waals surface area contributed by atoms with Crippen molar-refractivity contribution in [3.8, 4) is 0 Å². The number of nitrogens with zero attached hydrogens (tertiary/aromatic N) is 1. The highest BCUT2D eigenvalue weighted by atomic mass is 32.1. The van der Waals surface area contributed by atoms with Gasteiger partial charge in [0.2, 0.25) is 0 Å². The van der Waals surface area contributed by atoms with E-state index < -0.39 is 0 Å². The van der Waals surface area contributed by atoms with E-state index in [1.165, 1.54) is 16.7 Å². The Morgan fingerprint density at radius 1 is 1.11 bits per heavy atom. The second-order valence-corrected chi connectivity index (χ2v) is 5.45. The van der Waals surface area contributed by atoms with E-state index in [1.54, 1.807) is 0 Å². The van der Waals surface area contributed by atoms with Crippen LogP contribution in [0.25, 0.3) is 0 Å². The monoisotopic (exact) mass is 268 g/mol. The lowest BCUT2D eigenvalue weighted by atomic mass is 10.1. The molecule has 0 atom stereocenters. The molecule has 0 bridgehead atoms. The highest BCUT2D eigenvalue weighted by Gasteiger charge is 2.21. The molecule has 1 aliphatic heterocycles. The fraction of sp³-hybridized carbons (Fsp3) is 0.188. The molecule has 2 aromatic carbocycles. The molecule has 1 aliphatic rings. The first kappa shape index (κ1) is 12.2. The summed E-state index contributed by atoms with van der Waals surface area (Å²) in [4.78, 5) is 2.80. The summed E-state index contributed by atoms with van der Waals surface area (Å²) in [6.07, 6.45) is 0. The van der Waals surface area contributed by atoms with Crippen molar-refractivity contribution in [2.75, 3.05) is 4.90 Å². The van der Waals surface area contributed by atoms with E-state index in [0.717, 1.165) is 24.3 Å². The van der Waals surface area contributed by atoms with Crippen molar-refractivity contribution in [1.29, 1.82) is 0 Å². The Hall–Kier alpha value is -1.87. The molecule has 0 fully saturated rings. The average molecular weight is 268 g/mol. The first-order valence-corrected chi connectivity index (χ1v) is 6.78. The number of fused-ring (bicyclic) bond motifs is 1. The Morgan fingerprint density at radius 2 is 1.74 bits per heavy atom. The van der Waals surface area contributed by atoms with Gasteiger partial charge in [-0.15, -0.1) is 0 Å². The number of hydrogen-bond donors (Lipinski definition) is 1. The summed E-state index contributed by atoms with van der Waals surface area (Å²) < 4.78 is 0. The smallest absolute Gasteiger partial charge is 0.106 e. The minimum atomic E-state index is 0.467. The van der Waals surface area contributed by atoms with Gasteiger partial charge in [0.15, 0.2) is 0 Å². The lowest BCUT2D eigenvalue weighted by Crippen LogP contribution is -2.20. The first-order valence-electron chi connectivity index (χ1n) is 6.37. The number of rotatable bonds is 2. The first-order chi connectivity index (χ1) is 9.15. The Morgan fingerprint density at radius 3 is 2.32 bits per heavy atom. The van der Waals surface area contributed by atoms with Crippen molar-refractivity contribution in [2.45, 2.75) is 20.0 Å². The van der Waals surface area contributed by atoms with Gasteiger partial charge in [-0.3, -0.25) is 0 Å². The molecule has 0 aliphatic carbocycles. The van der Waals surface area contributed by atoms with Crippen molar-refractivity contribution in [2.24, 2.45) is 5.73 Å². The summed E-state index contributed by atoms with van der Waals surface area (Å²) in [6.45, 7) is 3.91. The summed E-state index contributed by atoms with van der Waals surface area (Å²) in [6, 6.07) is 14.8. The molecule has 2 aromatic rings. The van der Waals surface area contributed by atoms with E-state index in [9.17, 15) is 0 Å². The van der Waals surface area contributed by atoms with Gasteiger partial charge in [0.25, 0.3) is 0 Å². The van der Waals surface area contributed by atoms with Crippen LogP contribution in [0.4, 0.5) is 5.69 Å². The second kappa shape index (κ2) is 4.67. The molecule has 0 saturated heterocycles. The largest absolute Gasteiger partial charge is 0.389 e. The number of benzene rings is 2. The van der Waals surface area contributed by atoms with Crippen molar-refractivity contribution in [3.63, 3.8) is 0 Å².